The first kappa shape index (κ1) is 13.8. The maximum absolute atomic E-state index is 6.18. The first-order chi connectivity index (χ1) is 9.10. The van der Waals surface area contributed by atoms with Crippen LogP contribution in [0, 0.1) is 6.92 Å². The normalized spacial score (nSPS) is 12.4. The molecule has 1 atom stereocenters. The van der Waals surface area contributed by atoms with Crippen LogP contribution in [0.1, 0.15) is 30.2 Å². The Balaban J connectivity index is 2.05. The number of hydrogen-bond acceptors (Lipinski definition) is 5. The monoisotopic (exact) mass is 281 g/mol. The smallest absolute Gasteiger partial charge is 0.223 e. The van der Waals surface area contributed by atoms with E-state index >= 15 is 0 Å². The quantitative estimate of drug-likeness (QED) is 0.913. The molecule has 0 spiro atoms. The van der Waals surface area contributed by atoms with Crippen LogP contribution in [-0.4, -0.2) is 17.2 Å². The Morgan fingerprint density at radius 1 is 1.47 bits per heavy atom. The molecule has 1 N–H and O–H groups in total. The van der Waals surface area contributed by atoms with E-state index in [1.165, 1.54) is 0 Å². The van der Waals surface area contributed by atoms with Gasteiger partial charge < -0.3 is 14.6 Å². The molecule has 6 heteroatoms. The summed E-state index contributed by atoms with van der Waals surface area (Å²) in [5.41, 5.74) is 1.11. The number of nitrogens with one attached hydrogen (secondary N) is 1. The number of benzene rings is 1. The van der Waals surface area contributed by atoms with E-state index in [4.69, 9.17) is 20.9 Å². The molecule has 0 radical (unpaired) electrons. The minimum absolute atomic E-state index is 0.234. The number of aryl methyl sites for hydroxylation is 1. The number of ether oxygens (including phenoxy) is 1. The Morgan fingerprint density at radius 3 is 2.84 bits per heavy atom. The molecule has 5 nitrogen and oxygen atoms in total. The minimum atomic E-state index is 0.234. The molecular weight excluding hydrogens is 266 g/mol. The molecule has 2 aromatic rings. The van der Waals surface area contributed by atoms with Crippen molar-refractivity contribution in [1.29, 1.82) is 0 Å². The number of aromatic nitrogens is 2. The minimum Gasteiger partial charge on any atom is -0.484 e. The van der Waals surface area contributed by atoms with E-state index in [2.05, 4.69) is 22.4 Å². The Hall–Kier alpha value is -1.59. The lowest BCUT2D eigenvalue weighted by molar-refractivity contribution is 0.286. The zero-order valence-corrected chi connectivity index (χ0v) is 11.9. The van der Waals surface area contributed by atoms with Gasteiger partial charge in [-0.2, -0.15) is 4.98 Å². The summed E-state index contributed by atoms with van der Waals surface area (Å²) >= 11 is 6.18. The second kappa shape index (κ2) is 6.04. The highest BCUT2D eigenvalue weighted by Crippen LogP contribution is 2.28. The molecule has 0 amide bonds. The van der Waals surface area contributed by atoms with E-state index in [-0.39, 0.29) is 12.6 Å². The average Bonchev–Trinajstić information content (AvgIpc) is 2.82. The lowest BCUT2D eigenvalue weighted by Gasteiger charge is -2.12. The molecule has 1 unspecified atom stereocenters. The van der Waals surface area contributed by atoms with Gasteiger partial charge >= 0.3 is 0 Å². The highest BCUT2D eigenvalue weighted by Gasteiger charge is 2.09. The van der Waals surface area contributed by atoms with Crippen LogP contribution in [0.4, 0.5) is 0 Å². The maximum Gasteiger partial charge on any atom is 0.223 e. The van der Waals surface area contributed by atoms with Crippen molar-refractivity contribution in [3.63, 3.8) is 0 Å². The zero-order chi connectivity index (χ0) is 13.8. The van der Waals surface area contributed by atoms with Crippen molar-refractivity contribution in [3.05, 3.63) is 40.5 Å². The predicted molar refractivity (Wildman–Crippen MR) is 72.3 cm³/mol. The number of halogens is 1. The van der Waals surface area contributed by atoms with Gasteiger partial charge in [0.05, 0.1) is 5.02 Å². The van der Waals surface area contributed by atoms with Gasteiger partial charge in [0.1, 0.15) is 5.75 Å². The molecule has 2 rings (SSSR count). The van der Waals surface area contributed by atoms with E-state index in [0.29, 0.717) is 22.5 Å². The lowest BCUT2D eigenvalue weighted by Crippen LogP contribution is -2.12. The van der Waals surface area contributed by atoms with Crippen molar-refractivity contribution >= 4 is 11.6 Å². The number of rotatable bonds is 5. The van der Waals surface area contributed by atoms with Crippen LogP contribution in [0.15, 0.2) is 22.7 Å². The van der Waals surface area contributed by atoms with Crippen molar-refractivity contribution in [2.75, 3.05) is 7.05 Å². The van der Waals surface area contributed by atoms with Crippen LogP contribution >= 0.6 is 11.6 Å². The van der Waals surface area contributed by atoms with Crippen molar-refractivity contribution < 1.29 is 9.26 Å². The second-order valence-electron chi connectivity index (χ2n) is 4.22. The van der Waals surface area contributed by atoms with Gasteiger partial charge in [0.15, 0.2) is 6.61 Å². The third kappa shape index (κ3) is 3.45. The first-order valence-corrected chi connectivity index (χ1v) is 6.36. The highest BCUT2D eigenvalue weighted by molar-refractivity contribution is 6.32. The second-order valence-corrected chi connectivity index (χ2v) is 4.63. The van der Waals surface area contributed by atoms with E-state index in [0.717, 1.165) is 5.56 Å². The molecule has 0 fully saturated rings. The molecule has 0 aliphatic heterocycles. The molecule has 0 aliphatic rings. The summed E-state index contributed by atoms with van der Waals surface area (Å²) in [6, 6.07) is 5.95. The van der Waals surface area contributed by atoms with Crippen LogP contribution < -0.4 is 10.1 Å². The summed E-state index contributed by atoms with van der Waals surface area (Å²) in [7, 11) is 1.90. The molecule has 0 bridgehead atoms. The number of hydrogen-bond donors (Lipinski definition) is 1. The molecule has 1 heterocycles. The van der Waals surface area contributed by atoms with Gasteiger partial charge in [-0.15, -0.1) is 0 Å². The Kier molecular flexibility index (Phi) is 4.39. The van der Waals surface area contributed by atoms with Gasteiger partial charge in [-0.25, -0.2) is 0 Å². The first-order valence-electron chi connectivity index (χ1n) is 5.99. The summed E-state index contributed by atoms with van der Waals surface area (Å²) in [5, 5.41) is 7.48. The van der Waals surface area contributed by atoms with E-state index < -0.39 is 0 Å². The van der Waals surface area contributed by atoms with Crippen molar-refractivity contribution in [2.45, 2.75) is 26.5 Å². The summed E-state index contributed by atoms with van der Waals surface area (Å²) in [6.45, 7) is 4.03. The molecule has 102 valence electrons. The Morgan fingerprint density at radius 2 is 2.26 bits per heavy atom. The van der Waals surface area contributed by atoms with Crippen LogP contribution in [0.2, 0.25) is 5.02 Å². The van der Waals surface area contributed by atoms with Crippen molar-refractivity contribution in [3.8, 4) is 5.75 Å². The maximum atomic E-state index is 6.18. The van der Waals surface area contributed by atoms with Crippen LogP contribution in [0.5, 0.6) is 5.75 Å². The van der Waals surface area contributed by atoms with Crippen LogP contribution in [0.25, 0.3) is 0 Å². The molecule has 0 saturated heterocycles. The average molecular weight is 282 g/mol. The topological polar surface area (TPSA) is 60.2 Å². The van der Waals surface area contributed by atoms with E-state index in [1.54, 1.807) is 6.92 Å². The van der Waals surface area contributed by atoms with Crippen LogP contribution in [-0.2, 0) is 6.61 Å². The van der Waals surface area contributed by atoms with E-state index in [9.17, 15) is 0 Å². The van der Waals surface area contributed by atoms with E-state index in [1.807, 2.05) is 25.2 Å². The van der Waals surface area contributed by atoms with Gasteiger partial charge in [0.25, 0.3) is 0 Å². The molecule has 19 heavy (non-hydrogen) atoms. The molecule has 0 saturated carbocycles. The Labute approximate surface area is 116 Å². The number of nitrogens with zero attached hydrogens (tertiary/aromatic N) is 2. The third-order valence-electron chi connectivity index (χ3n) is 2.82. The lowest BCUT2D eigenvalue weighted by atomic mass is 10.1. The summed E-state index contributed by atoms with van der Waals surface area (Å²) in [6.07, 6.45) is 0. The fourth-order valence-corrected chi connectivity index (χ4v) is 1.86. The molecule has 1 aromatic heterocycles. The molecular formula is C13H16ClN3O2. The van der Waals surface area contributed by atoms with Crippen LogP contribution in [0.3, 0.4) is 0 Å². The van der Waals surface area contributed by atoms with Gasteiger partial charge in [-0.3, -0.25) is 0 Å². The van der Waals surface area contributed by atoms with Gasteiger partial charge in [0.2, 0.25) is 11.7 Å². The van der Waals surface area contributed by atoms with Crippen molar-refractivity contribution in [1.82, 2.24) is 15.5 Å². The summed E-state index contributed by atoms with van der Waals surface area (Å²) in [4.78, 5) is 4.06. The molecule has 1 aromatic carbocycles. The predicted octanol–water partition coefficient (Wildman–Crippen LogP) is 2.89. The summed E-state index contributed by atoms with van der Waals surface area (Å²) in [5.74, 6) is 1.63. The van der Waals surface area contributed by atoms with Gasteiger partial charge in [-0.1, -0.05) is 22.8 Å². The third-order valence-corrected chi connectivity index (χ3v) is 3.11. The highest BCUT2D eigenvalue weighted by atomic mass is 35.5. The van der Waals surface area contributed by atoms with Gasteiger partial charge in [0, 0.05) is 13.0 Å². The fraction of sp³-hybridized carbons (Fsp3) is 0.385. The van der Waals surface area contributed by atoms with Crippen molar-refractivity contribution in [2.24, 2.45) is 0 Å². The molecule has 0 aliphatic carbocycles. The SMILES string of the molecule is CNC(C)c1ccc(OCc2noc(C)n2)c(Cl)c1. The zero-order valence-electron chi connectivity index (χ0n) is 11.1. The fourth-order valence-electron chi connectivity index (χ4n) is 1.61. The largest absolute Gasteiger partial charge is 0.484 e. The summed E-state index contributed by atoms with van der Waals surface area (Å²) < 4.78 is 10.4. The Bertz CT molecular complexity index is 557. The standard InChI is InChI=1S/C13H16ClN3O2/c1-8(15-3)10-4-5-12(11(14)6-10)18-7-13-16-9(2)19-17-13/h4-6,8,15H,7H2,1-3H3. The van der Waals surface area contributed by atoms with Gasteiger partial charge in [-0.05, 0) is 31.7 Å².